The van der Waals surface area contributed by atoms with Gasteiger partial charge < -0.3 is 20.9 Å². The highest BCUT2D eigenvalue weighted by Gasteiger charge is 2.09. The molecule has 1 fully saturated rings. The summed E-state index contributed by atoms with van der Waals surface area (Å²) in [4.78, 5) is 4.51. The van der Waals surface area contributed by atoms with E-state index in [-0.39, 0.29) is 6.61 Å². The van der Waals surface area contributed by atoms with E-state index >= 15 is 0 Å². The smallest absolute Gasteiger partial charge is 0.0723 e. The van der Waals surface area contributed by atoms with Gasteiger partial charge in [-0.15, -0.1) is 0 Å². The molecule has 0 aromatic carbocycles. The topological polar surface area (TPSA) is 83.0 Å². The van der Waals surface area contributed by atoms with Crippen LogP contribution in [0.15, 0.2) is 0 Å². The van der Waals surface area contributed by atoms with Gasteiger partial charge in [0, 0.05) is 26.2 Å². The minimum atomic E-state index is 0.204. The molecule has 0 atom stereocenters. The van der Waals surface area contributed by atoms with Gasteiger partial charge in [-0.1, -0.05) is 0 Å². The van der Waals surface area contributed by atoms with Gasteiger partial charge in [-0.05, 0) is 52.0 Å². The van der Waals surface area contributed by atoms with E-state index < -0.39 is 0 Å². The second-order valence-corrected chi connectivity index (χ2v) is 5.56. The lowest BCUT2D eigenvalue weighted by Gasteiger charge is -2.27. The highest BCUT2D eigenvalue weighted by atomic mass is 16.5. The number of hydroxylamine groups is 1. The zero-order chi connectivity index (χ0) is 15.2. The molecule has 7 heteroatoms. The van der Waals surface area contributed by atoms with Gasteiger partial charge in [0.1, 0.15) is 0 Å². The Hall–Kier alpha value is -0.280. The lowest BCUT2D eigenvalue weighted by molar-refractivity contribution is 0.0868. The van der Waals surface area contributed by atoms with E-state index in [2.05, 4.69) is 25.9 Å². The highest BCUT2D eigenvalue weighted by Crippen LogP contribution is 1.96. The number of rotatable bonds is 4. The molecule has 0 spiro atoms. The summed E-state index contributed by atoms with van der Waals surface area (Å²) in [6.45, 7) is 9.39. The van der Waals surface area contributed by atoms with E-state index in [4.69, 9.17) is 10.3 Å². The van der Waals surface area contributed by atoms with Crippen molar-refractivity contribution in [2.45, 2.75) is 19.3 Å². The average Bonchev–Trinajstić information content (AvgIpc) is 2.49. The molecule has 0 saturated carbocycles. The van der Waals surface area contributed by atoms with Crippen molar-refractivity contribution >= 4 is 0 Å². The number of aliphatic hydroxyl groups excluding tert-OH is 1. The van der Waals surface area contributed by atoms with E-state index in [0.29, 0.717) is 6.67 Å². The fraction of sp³-hybridized carbons (Fsp3) is 1.00. The summed E-state index contributed by atoms with van der Waals surface area (Å²) in [6.07, 6.45) is 3.34. The zero-order valence-corrected chi connectivity index (χ0v) is 13.2. The Labute approximate surface area is 128 Å². The molecule has 126 valence electrons. The third kappa shape index (κ3) is 10.1. The van der Waals surface area contributed by atoms with Gasteiger partial charge in [0.25, 0.3) is 0 Å². The molecule has 5 N–H and O–H groups in total. The minimum absolute atomic E-state index is 0.204. The molecule has 1 saturated heterocycles. The van der Waals surface area contributed by atoms with Crippen LogP contribution in [0.5, 0.6) is 0 Å². The van der Waals surface area contributed by atoms with Gasteiger partial charge in [0.15, 0.2) is 0 Å². The predicted octanol–water partition coefficient (Wildman–Crippen LogP) is -1.12. The van der Waals surface area contributed by atoms with E-state index in [1.165, 1.54) is 0 Å². The SMILES string of the molecule is OCCN1CCCNCCCNCCCN(CNO)CC1. The molecule has 1 heterocycles. The Morgan fingerprint density at radius 1 is 0.810 bits per heavy atom. The second-order valence-electron chi connectivity index (χ2n) is 5.56. The number of nitrogens with one attached hydrogen (secondary N) is 3. The normalized spacial score (nSPS) is 22.6. The first kappa shape index (κ1) is 18.8. The number of hydrogen-bond acceptors (Lipinski definition) is 7. The Morgan fingerprint density at radius 3 is 2.00 bits per heavy atom. The minimum Gasteiger partial charge on any atom is -0.395 e. The number of nitrogens with zero attached hydrogens (tertiary/aromatic N) is 2. The molecular formula is C14H33N5O2. The third-order valence-corrected chi connectivity index (χ3v) is 3.81. The van der Waals surface area contributed by atoms with E-state index in [9.17, 15) is 0 Å². The van der Waals surface area contributed by atoms with Crippen LogP contribution in [0.1, 0.15) is 19.3 Å². The zero-order valence-electron chi connectivity index (χ0n) is 13.2. The number of β-amino-alcohol motifs (C(OH)–C–C–N with tert-alkyl or cyclic N) is 1. The molecule has 0 radical (unpaired) electrons. The third-order valence-electron chi connectivity index (χ3n) is 3.81. The van der Waals surface area contributed by atoms with Gasteiger partial charge in [-0.25, -0.2) is 0 Å². The molecule has 0 aromatic heterocycles. The standard InChI is InChI=1S/C14H33N5O2/c20-13-12-18-8-2-6-15-4-1-5-16-7-3-9-19(11-10-18)14-17-21/h15-17,20-21H,1-14H2. The fourth-order valence-corrected chi connectivity index (χ4v) is 2.57. The van der Waals surface area contributed by atoms with Crippen molar-refractivity contribution < 1.29 is 10.3 Å². The monoisotopic (exact) mass is 303 g/mol. The molecule has 0 bridgehead atoms. The Kier molecular flexibility index (Phi) is 12.0. The van der Waals surface area contributed by atoms with E-state index in [0.717, 1.165) is 78.2 Å². The molecule has 1 aliphatic rings. The van der Waals surface area contributed by atoms with E-state index in [1.54, 1.807) is 0 Å². The van der Waals surface area contributed by atoms with Gasteiger partial charge >= 0.3 is 0 Å². The maximum absolute atomic E-state index is 9.16. The van der Waals surface area contributed by atoms with Gasteiger partial charge in [0.2, 0.25) is 0 Å². The number of hydrogen-bond donors (Lipinski definition) is 5. The number of aliphatic hydroxyl groups is 1. The summed E-state index contributed by atoms with van der Waals surface area (Å²) >= 11 is 0. The van der Waals surface area contributed by atoms with Crippen LogP contribution in [0.4, 0.5) is 0 Å². The molecule has 1 aliphatic heterocycles. The summed E-state index contributed by atoms with van der Waals surface area (Å²) in [6, 6.07) is 0. The van der Waals surface area contributed by atoms with Crippen LogP contribution in [-0.2, 0) is 0 Å². The van der Waals surface area contributed by atoms with Crippen LogP contribution in [0.2, 0.25) is 0 Å². The van der Waals surface area contributed by atoms with Crippen molar-refractivity contribution in [2.24, 2.45) is 0 Å². The van der Waals surface area contributed by atoms with Crippen LogP contribution in [0, 0.1) is 0 Å². The molecule has 0 unspecified atom stereocenters. The van der Waals surface area contributed by atoms with E-state index in [1.807, 2.05) is 0 Å². The molecule has 0 aromatic rings. The summed E-state index contributed by atoms with van der Waals surface area (Å²) in [5.74, 6) is 0. The molecule has 1 rings (SSSR count). The van der Waals surface area contributed by atoms with Crippen LogP contribution in [-0.4, -0.2) is 92.3 Å². The predicted molar refractivity (Wildman–Crippen MR) is 84.5 cm³/mol. The first-order valence-electron chi connectivity index (χ1n) is 8.20. The average molecular weight is 303 g/mol. The van der Waals surface area contributed by atoms with Crippen molar-refractivity contribution in [3.05, 3.63) is 0 Å². The molecule has 7 nitrogen and oxygen atoms in total. The maximum atomic E-state index is 9.16. The fourth-order valence-electron chi connectivity index (χ4n) is 2.57. The first-order chi connectivity index (χ1) is 10.4. The Balaban J connectivity index is 2.40. The van der Waals surface area contributed by atoms with Crippen molar-refractivity contribution in [1.29, 1.82) is 0 Å². The summed E-state index contributed by atoms with van der Waals surface area (Å²) in [5, 5.41) is 25.0. The van der Waals surface area contributed by atoms with Crippen molar-refractivity contribution in [1.82, 2.24) is 25.9 Å². The van der Waals surface area contributed by atoms with Crippen molar-refractivity contribution in [2.75, 3.05) is 72.2 Å². The Bertz CT molecular complexity index is 211. The molecule has 21 heavy (non-hydrogen) atoms. The van der Waals surface area contributed by atoms with Gasteiger partial charge in [-0.3, -0.25) is 9.80 Å². The first-order valence-corrected chi connectivity index (χ1v) is 8.20. The lowest BCUT2D eigenvalue weighted by atomic mass is 10.3. The lowest BCUT2D eigenvalue weighted by Crippen LogP contribution is -2.41. The second kappa shape index (κ2) is 13.4. The summed E-state index contributed by atoms with van der Waals surface area (Å²) < 4.78 is 0. The summed E-state index contributed by atoms with van der Waals surface area (Å²) in [7, 11) is 0. The molecule has 0 aliphatic carbocycles. The van der Waals surface area contributed by atoms with Crippen LogP contribution in [0.25, 0.3) is 0 Å². The van der Waals surface area contributed by atoms with Crippen molar-refractivity contribution in [3.8, 4) is 0 Å². The van der Waals surface area contributed by atoms with Crippen molar-refractivity contribution in [3.63, 3.8) is 0 Å². The molecule has 0 amide bonds. The van der Waals surface area contributed by atoms with Gasteiger partial charge in [0.05, 0.1) is 13.3 Å². The largest absolute Gasteiger partial charge is 0.395 e. The highest BCUT2D eigenvalue weighted by molar-refractivity contribution is 4.65. The molecular weight excluding hydrogens is 270 g/mol. The quantitative estimate of drug-likeness (QED) is 0.421. The van der Waals surface area contributed by atoms with Crippen LogP contribution in [0.3, 0.4) is 0 Å². The van der Waals surface area contributed by atoms with Gasteiger partial charge in [-0.2, -0.15) is 5.48 Å². The van der Waals surface area contributed by atoms with Crippen LogP contribution < -0.4 is 16.1 Å². The Morgan fingerprint density at radius 2 is 1.38 bits per heavy atom. The maximum Gasteiger partial charge on any atom is 0.0723 e. The van der Waals surface area contributed by atoms with Crippen LogP contribution >= 0.6 is 0 Å². The summed E-state index contributed by atoms with van der Waals surface area (Å²) in [5.41, 5.74) is 2.26.